The molecule has 0 spiro atoms. The van der Waals surface area contributed by atoms with Crippen LogP contribution in [-0.2, 0) is 9.47 Å². The van der Waals surface area contributed by atoms with E-state index < -0.39 is 24.3 Å². The number of nitrogens with one attached hydrogen (secondary N) is 1. The van der Waals surface area contributed by atoms with Crippen molar-refractivity contribution in [2.24, 2.45) is 0 Å². The number of carbonyl (C=O) groups excluding carboxylic acids is 3. The summed E-state index contributed by atoms with van der Waals surface area (Å²) in [6, 6.07) is 1.97. The molecule has 0 aliphatic rings. The summed E-state index contributed by atoms with van der Waals surface area (Å²) >= 11 is 0. The summed E-state index contributed by atoms with van der Waals surface area (Å²) in [6.45, 7) is 12.7. The Morgan fingerprint density at radius 2 is 1.61 bits per heavy atom. The number of ketones is 1. The first kappa shape index (κ1) is 21.5. The van der Waals surface area contributed by atoms with Crippen LogP contribution < -0.4 is 0 Å². The second-order valence-electron chi connectivity index (χ2n) is 7.09. The van der Waals surface area contributed by atoms with Gasteiger partial charge in [0.25, 0.3) is 0 Å². The van der Waals surface area contributed by atoms with E-state index >= 15 is 0 Å². The van der Waals surface area contributed by atoms with Crippen LogP contribution in [-0.4, -0.2) is 40.5 Å². The van der Waals surface area contributed by atoms with Crippen LogP contribution in [0.1, 0.15) is 80.7 Å². The Balaban J connectivity index is 2.21. The maximum Gasteiger partial charge on any atom is 0.340 e. The van der Waals surface area contributed by atoms with Crippen LogP contribution >= 0.6 is 0 Å². The van der Waals surface area contributed by atoms with Crippen LogP contribution in [0.25, 0.3) is 0 Å². The molecule has 0 saturated heterocycles. The molecular weight excluding hydrogens is 360 g/mol. The molecule has 152 valence electrons. The van der Waals surface area contributed by atoms with Crippen LogP contribution in [0.5, 0.6) is 0 Å². The summed E-state index contributed by atoms with van der Waals surface area (Å²) in [5.41, 5.74) is 3.67. The molecule has 0 aliphatic heterocycles. The smallest absolute Gasteiger partial charge is 0.340 e. The van der Waals surface area contributed by atoms with Crippen molar-refractivity contribution in [3.05, 3.63) is 45.5 Å². The summed E-state index contributed by atoms with van der Waals surface area (Å²) in [4.78, 5) is 40.4. The van der Waals surface area contributed by atoms with Gasteiger partial charge in [-0.15, -0.1) is 0 Å². The minimum atomic E-state index is -0.570. The summed E-state index contributed by atoms with van der Waals surface area (Å²) in [7, 11) is 0. The maximum absolute atomic E-state index is 12.7. The molecule has 0 radical (unpaired) electrons. The lowest BCUT2D eigenvalue weighted by atomic mass is 10.1. The van der Waals surface area contributed by atoms with Gasteiger partial charge in [0.1, 0.15) is 0 Å². The van der Waals surface area contributed by atoms with E-state index in [4.69, 9.17) is 9.47 Å². The molecule has 2 heterocycles. The number of hydrogen-bond acceptors (Lipinski definition) is 5. The zero-order valence-electron chi connectivity index (χ0n) is 17.6. The first-order chi connectivity index (χ1) is 13.1. The summed E-state index contributed by atoms with van der Waals surface area (Å²) in [6.07, 6.45) is 0. The number of aromatic amines is 1. The highest BCUT2D eigenvalue weighted by Gasteiger charge is 2.26. The third kappa shape index (κ3) is 4.03. The number of esters is 2. The number of aromatic nitrogens is 2. The van der Waals surface area contributed by atoms with Gasteiger partial charge in [-0.05, 0) is 54.5 Å². The van der Waals surface area contributed by atoms with Gasteiger partial charge in [-0.3, -0.25) is 4.79 Å². The Hall–Kier alpha value is -2.83. The van der Waals surface area contributed by atoms with Crippen molar-refractivity contribution >= 4 is 17.7 Å². The average Bonchev–Trinajstić information content (AvgIpc) is 3.07. The molecule has 2 rings (SSSR count). The molecule has 0 fully saturated rings. The number of H-pyrrole nitrogens is 1. The number of nitrogens with zero attached hydrogens (tertiary/aromatic N) is 1. The van der Waals surface area contributed by atoms with Crippen LogP contribution in [0.2, 0.25) is 0 Å². The molecule has 0 amide bonds. The van der Waals surface area contributed by atoms with E-state index in [9.17, 15) is 14.4 Å². The third-order valence-corrected chi connectivity index (χ3v) is 4.69. The van der Waals surface area contributed by atoms with Gasteiger partial charge >= 0.3 is 11.9 Å². The molecule has 1 N–H and O–H groups in total. The fourth-order valence-electron chi connectivity index (χ4n) is 3.65. The predicted molar refractivity (Wildman–Crippen MR) is 105 cm³/mol. The Morgan fingerprint density at radius 3 is 2.14 bits per heavy atom. The van der Waals surface area contributed by atoms with Crippen molar-refractivity contribution in [2.45, 2.75) is 54.5 Å². The number of hydrogen-bond donors (Lipinski definition) is 1. The largest absolute Gasteiger partial charge is 0.462 e. The van der Waals surface area contributed by atoms with Crippen molar-refractivity contribution in [1.29, 1.82) is 0 Å². The highest BCUT2D eigenvalue weighted by Crippen LogP contribution is 2.22. The molecule has 0 saturated carbocycles. The van der Waals surface area contributed by atoms with E-state index in [0.29, 0.717) is 17.0 Å². The molecule has 0 unspecified atom stereocenters. The summed E-state index contributed by atoms with van der Waals surface area (Å²) in [5.74, 6) is -1.58. The molecule has 7 heteroatoms. The standard InChI is InChI=1S/C21H28N2O5/c1-8-27-21(26)19-14(6)22-13(5)18(19)17(24)10-28-20(25)16-9-12(4)23(11(2)3)15(16)7/h9,11,22H,8,10H2,1-7H3. The normalized spacial score (nSPS) is 11.0. The SMILES string of the molecule is CCOC(=O)c1c(C)[nH]c(C)c1C(=O)COC(=O)c1cc(C)n(C(C)C)c1C. The topological polar surface area (TPSA) is 90.4 Å². The lowest BCUT2D eigenvalue weighted by molar-refractivity contribution is 0.0471. The van der Waals surface area contributed by atoms with Crippen molar-refractivity contribution in [3.8, 4) is 0 Å². The van der Waals surface area contributed by atoms with Crippen molar-refractivity contribution in [1.82, 2.24) is 9.55 Å². The first-order valence-electron chi connectivity index (χ1n) is 9.35. The number of carbonyl (C=O) groups is 3. The first-order valence-corrected chi connectivity index (χ1v) is 9.35. The van der Waals surface area contributed by atoms with Gasteiger partial charge in [0.05, 0.1) is 23.3 Å². The van der Waals surface area contributed by atoms with Crippen LogP contribution in [0.15, 0.2) is 6.07 Å². The van der Waals surface area contributed by atoms with E-state index in [1.165, 1.54) is 0 Å². The lowest BCUT2D eigenvalue weighted by Crippen LogP contribution is -2.18. The Labute approximate surface area is 165 Å². The monoisotopic (exact) mass is 388 g/mol. The van der Waals surface area contributed by atoms with E-state index in [0.717, 1.165) is 11.4 Å². The number of ether oxygens (including phenoxy) is 2. The molecule has 28 heavy (non-hydrogen) atoms. The van der Waals surface area contributed by atoms with Gasteiger partial charge in [0.2, 0.25) is 5.78 Å². The molecule has 0 aliphatic carbocycles. The van der Waals surface area contributed by atoms with Crippen LogP contribution in [0, 0.1) is 27.7 Å². The fraction of sp³-hybridized carbons (Fsp3) is 0.476. The Morgan fingerprint density at radius 1 is 1.00 bits per heavy atom. The quantitative estimate of drug-likeness (QED) is 0.575. The zero-order valence-corrected chi connectivity index (χ0v) is 17.6. The number of aryl methyl sites for hydroxylation is 3. The minimum Gasteiger partial charge on any atom is -0.462 e. The highest BCUT2D eigenvalue weighted by molar-refractivity contribution is 6.09. The molecule has 0 atom stereocenters. The second-order valence-corrected chi connectivity index (χ2v) is 7.09. The summed E-state index contributed by atoms with van der Waals surface area (Å²) < 4.78 is 12.3. The molecule has 2 aromatic rings. The fourth-order valence-corrected chi connectivity index (χ4v) is 3.65. The summed E-state index contributed by atoms with van der Waals surface area (Å²) in [5, 5.41) is 0. The molecule has 2 aromatic heterocycles. The van der Waals surface area contributed by atoms with Crippen molar-refractivity contribution < 1.29 is 23.9 Å². The van der Waals surface area contributed by atoms with Gasteiger partial charge in [-0.2, -0.15) is 0 Å². The average molecular weight is 388 g/mol. The van der Waals surface area contributed by atoms with E-state index in [1.807, 2.05) is 32.3 Å². The van der Waals surface area contributed by atoms with Gasteiger partial charge in [0, 0.05) is 28.8 Å². The van der Waals surface area contributed by atoms with Crippen molar-refractivity contribution in [3.63, 3.8) is 0 Å². The molecule has 7 nitrogen and oxygen atoms in total. The lowest BCUT2D eigenvalue weighted by Gasteiger charge is -2.13. The molecular formula is C21H28N2O5. The van der Waals surface area contributed by atoms with Crippen LogP contribution in [0.4, 0.5) is 0 Å². The predicted octanol–water partition coefficient (Wildman–Crippen LogP) is 3.85. The number of Topliss-reactive ketones (excluding diaryl/α,β-unsaturated/α-hetero) is 1. The van der Waals surface area contributed by atoms with Crippen molar-refractivity contribution in [2.75, 3.05) is 13.2 Å². The van der Waals surface area contributed by atoms with Gasteiger partial charge in [0.15, 0.2) is 6.61 Å². The highest BCUT2D eigenvalue weighted by atomic mass is 16.5. The second kappa shape index (κ2) is 8.46. The maximum atomic E-state index is 12.7. The number of rotatable bonds is 7. The van der Waals surface area contributed by atoms with E-state index in [1.54, 1.807) is 26.8 Å². The minimum absolute atomic E-state index is 0.193. The zero-order chi connectivity index (χ0) is 21.2. The van der Waals surface area contributed by atoms with Crippen LogP contribution in [0.3, 0.4) is 0 Å². The Kier molecular flexibility index (Phi) is 6.48. The van der Waals surface area contributed by atoms with E-state index in [-0.39, 0.29) is 23.8 Å². The molecule has 0 bridgehead atoms. The Bertz CT molecular complexity index is 918. The molecule has 0 aromatic carbocycles. The van der Waals surface area contributed by atoms with Gasteiger partial charge < -0.3 is 19.0 Å². The van der Waals surface area contributed by atoms with Gasteiger partial charge in [-0.25, -0.2) is 9.59 Å². The third-order valence-electron chi connectivity index (χ3n) is 4.69. The van der Waals surface area contributed by atoms with E-state index in [2.05, 4.69) is 4.98 Å². The van der Waals surface area contributed by atoms with Gasteiger partial charge in [-0.1, -0.05) is 0 Å².